The molecule has 2 heterocycles. The fraction of sp³-hybridized carbons (Fsp3) is 0.0488. The van der Waals surface area contributed by atoms with Crippen LogP contribution in [0.4, 0.5) is 0 Å². The minimum Gasteiger partial charge on any atom is -0.309 e. The Labute approximate surface area is 262 Å². The van der Waals surface area contributed by atoms with Gasteiger partial charge in [0.2, 0.25) is 0 Å². The van der Waals surface area contributed by atoms with Crippen LogP contribution in [0.5, 0.6) is 0 Å². The van der Waals surface area contributed by atoms with E-state index in [4.69, 9.17) is 15.0 Å². The minimum atomic E-state index is 0.642. The maximum absolute atomic E-state index is 4.98. The highest BCUT2D eigenvalue weighted by atomic mass is 15.0. The van der Waals surface area contributed by atoms with E-state index >= 15 is 0 Å². The van der Waals surface area contributed by atoms with Gasteiger partial charge in [-0.15, -0.1) is 0 Å². The zero-order valence-electron chi connectivity index (χ0n) is 25.1. The van der Waals surface area contributed by atoms with Crippen LogP contribution >= 0.6 is 0 Å². The number of aromatic nitrogens is 4. The first-order valence-electron chi connectivity index (χ1n) is 15.2. The maximum Gasteiger partial charge on any atom is 0.164 e. The molecule has 0 aliphatic heterocycles. The van der Waals surface area contributed by atoms with Gasteiger partial charge in [-0.3, -0.25) is 0 Å². The van der Waals surface area contributed by atoms with Crippen LogP contribution in [-0.4, -0.2) is 19.5 Å². The molecule has 8 aromatic rings. The predicted octanol–water partition coefficient (Wildman–Crippen LogP) is 10.3. The average molecular weight is 579 g/mol. The van der Waals surface area contributed by atoms with Gasteiger partial charge in [0.15, 0.2) is 17.5 Å². The minimum absolute atomic E-state index is 0.642. The zero-order valence-corrected chi connectivity index (χ0v) is 25.1. The van der Waals surface area contributed by atoms with E-state index in [9.17, 15) is 0 Å². The van der Waals surface area contributed by atoms with Gasteiger partial charge in [0, 0.05) is 33.2 Å². The molecule has 0 aliphatic carbocycles. The number of hydrogen-bond acceptors (Lipinski definition) is 3. The summed E-state index contributed by atoms with van der Waals surface area (Å²) in [6.45, 7) is 4.39. The first-order valence-corrected chi connectivity index (χ1v) is 15.2. The van der Waals surface area contributed by atoms with Crippen LogP contribution in [0.1, 0.15) is 11.1 Å². The lowest BCUT2D eigenvalue weighted by atomic mass is 9.95. The van der Waals surface area contributed by atoms with Gasteiger partial charge in [-0.1, -0.05) is 115 Å². The Kier molecular flexibility index (Phi) is 6.54. The quantitative estimate of drug-likeness (QED) is 0.204. The third-order valence-corrected chi connectivity index (χ3v) is 8.52. The number of para-hydroxylation sites is 1. The van der Waals surface area contributed by atoms with Crippen molar-refractivity contribution >= 4 is 21.8 Å². The molecule has 0 saturated carbocycles. The van der Waals surface area contributed by atoms with Gasteiger partial charge in [0.1, 0.15) is 0 Å². The highest BCUT2D eigenvalue weighted by molar-refractivity contribution is 6.11. The summed E-state index contributed by atoms with van der Waals surface area (Å²) in [5.74, 6) is 1.95. The molecule has 4 heteroatoms. The number of rotatable bonds is 5. The fourth-order valence-corrected chi connectivity index (χ4v) is 6.28. The molecule has 0 aliphatic rings. The molecule has 0 bridgehead atoms. The molecular weight excluding hydrogens is 548 g/mol. The number of hydrogen-bond donors (Lipinski definition) is 0. The Morgan fingerprint density at radius 2 is 0.978 bits per heavy atom. The van der Waals surface area contributed by atoms with Crippen LogP contribution in [0.25, 0.3) is 72.8 Å². The second-order valence-corrected chi connectivity index (χ2v) is 11.4. The van der Waals surface area contributed by atoms with Crippen LogP contribution in [-0.2, 0) is 0 Å². The van der Waals surface area contributed by atoms with Crippen molar-refractivity contribution in [3.8, 4) is 51.0 Å². The van der Waals surface area contributed by atoms with Crippen LogP contribution in [0.15, 0.2) is 146 Å². The highest BCUT2D eigenvalue weighted by Gasteiger charge is 2.17. The molecule has 45 heavy (non-hydrogen) atoms. The van der Waals surface area contributed by atoms with Crippen LogP contribution in [0.2, 0.25) is 0 Å². The predicted molar refractivity (Wildman–Crippen MR) is 185 cm³/mol. The van der Waals surface area contributed by atoms with E-state index in [0.29, 0.717) is 17.5 Å². The standard InChI is InChI=1S/C41H30N4/c1-27-14-9-10-21-33(27)35-26-36-34-22-11-12-23-37(34)45(38(36)24-28(35)2)32-20-13-19-31(25-32)41-43-39(29-15-5-3-6-16-29)42-40(44-41)30-17-7-4-8-18-30/h3-26H,1-2H3. The SMILES string of the molecule is Cc1ccccc1-c1cc2c3ccccc3n(-c3cccc(-c4nc(-c5ccccc5)nc(-c5ccccc5)n4)c3)c2cc1C. The summed E-state index contributed by atoms with van der Waals surface area (Å²) in [6.07, 6.45) is 0. The monoisotopic (exact) mass is 578 g/mol. The molecule has 0 atom stereocenters. The van der Waals surface area contributed by atoms with Crippen molar-refractivity contribution in [1.82, 2.24) is 19.5 Å². The smallest absolute Gasteiger partial charge is 0.164 e. The summed E-state index contributed by atoms with van der Waals surface area (Å²) < 4.78 is 2.36. The van der Waals surface area contributed by atoms with E-state index in [0.717, 1.165) is 27.9 Å². The van der Waals surface area contributed by atoms with E-state index in [1.807, 2.05) is 60.7 Å². The summed E-state index contributed by atoms with van der Waals surface area (Å²) in [7, 11) is 0. The molecule has 0 fully saturated rings. The number of benzene rings is 6. The molecule has 4 nitrogen and oxygen atoms in total. The van der Waals surface area contributed by atoms with Crippen molar-refractivity contribution in [2.75, 3.05) is 0 Å². The highest BCUT2D eigenvalue weighted by Crippen LogP contribution is 2.38. The number of fused-ring (bicyclic) bond motifs is 3. The van der Waals surface area contributed by atoms with Crippen molar-refractivity contribution in [2.45, 2.75) is 13.8 Å². The van der Waals surface area contributed by atoms with Gasteiger partial charge in [-0.25, -0.2) is 15.0 Å². The Bertz CT molecular complexity index is 2280. The number of aryl methyl sites for hydroxylation is 2. The summed E-state index contributed by atoms with van der Waals surface area (Å²) in [5.41, 5.74) is 11.3. The first-order chi connectivity index (χ1) is 22.1. The lowest BCUT2D eigenvalue weighted by Gasteiger charge is -2.13. The van der Waals surface area contributed by atoms with E-state index in [1.54, 1.807) is 0 Å². The van der Waals surface area contributed by atoms with Crippen LogP contribution in [0.3, 0.4) is 0 Å². The second-order valence-electron chi connectivity index (χ2n) is 11.4. The maximum atomic E-state index is 4.98. The molecular formula is C41H30N4. The van der Waals surface area contributed by atoms with Crippen molar-refractivity contribution in [2.24, 2.45) is 0 Å². The molecule has 6 aromatic carbocycles. The number of nitrogens with zero attached hydrogens (tertiary/aromatic N) is 4. The zero-order chi connectivity index (χ0) is 30.3. The summed E-state index contributed by atoms with van der Waals surface area (Å²) in [6, 6.07) is 50.7. The van der Waals surface area contributed by atoms with Crippen molar-refractivity contribution in [3.05, 3.63) is 157 Å². The Morgan fingerprint density at radius 1 is 0.400 bits per heavy atom. The Hall–Kier alpha value is -5.87. The van der Waals surface area contributed by atoms with Gasteiger partial charge >= 0.3 is 0 Å². The molecule has 214 valence electrons. The second kappa shape index (κ2) is 11.0. The van der Waals surface area contributed by atoms with Gasteiger partial charge in [0.25, 0.3) is 0 Å². The first kappa shape index (κ1) is 26.7. The summed E-state index contributed by atoms with van der Waals surface area (Å²) in [4.78, 5) is 14.8. The Morgan fingerprint density at radius 3 is 1.67 bits per heavy atom. The summed E-state index contributed by atoms with van der Waals surface area (Å²) >= 11 is 0. The van der Waals surface area contributed by atoms with Crippen molar-refractivity contribution < 1.29 is 0 Å². The molecule has 0 amide bonds. The molecule has 2 aromatic heterocycles. The van der Waals surface area contributed by atoms with Crippen LogP contribution in [0, 0.1) is 13.8 Å². The Balaban J connectivity index is 1.32. The van der Waals surface area contributed by atoms with Gasteiger partial charge in [0.05, 0.1) is 11.0 Å². The van der Waals surface area contributed by atoms with E-state index < -0.39 is 0 Å². The summed E-state index contributed by atoms with van der Waals surface area (Å²) in [5, 5.41) is 2.46. The van der Waals surface area contributed by atoms with Gasteiger partial charge in [-0.2, -0.15) is 0 Å². The lowest BCUT2D eigenvalue weighted by molar-refractivity contribution is 1.07. The normalized spacial score (nSPS) is 11.3. The third kappa shape index (κ3) is 4.77. The van der Waals surface area contributed by atoms with Gasteiger partial charge in [-0.05, 0) is 66.4 Å². The molecule has 0 spiro atoms. The van der Waals surface area contributed by atoms with E-state index in [-0.39, 0.29) is 0 Å². The van der Waals surface area contributed by atoms with Gasteiger partial charge < -0.3 is 4.57 Å². The van der Waals surface area contributed by atoms with Crippen LogP contribution < -0.4 is 0 Å². The van der Waals surface area contributed by atoms with E-state index in [2.05, 4.69) is 103 Å². The lowest BCUT2D eigenvalue weighted by Crippen LogP contribution is -2.01. The third-order valence-electron chi connectivity index (χ3n) is 8.52. The molecule has 8 rings (SSSR count). The topological polar surface area (TPSA) is 43.6 Å². The van der Waals surface area contributed by atoms with Crippen molar-refractivity contribution in [3.63, 3.8) is 0 Å². The largest absolute Gasteiger partial charge is 0.309 e. The molecule has 0 radical (unpaired) electrons. The van der Waals surface area contributed by atoms with E-state index in [1.165, 1.54) is 38.5 Å². The molecule has 0 saturated heterocycles. The fourth-order valence-electron chi connectivity index (χ4n) is 6.28. The van der Waals surface area contributed by atoms with Crippen molar-refractivity contribution in [1.29, 1.82) is 0 Å². The molecule has 0 N–H and O–H groups in total. The average Bonchev–Trinajstić information content (AvgIpc) is 3.42. The molecule has 0 unspecified atom stereocenters.